The van der Waals surface area contributed by atoms with Crippen LogP contribution in [0.1, 0.15) is 27.7 Å². The summed E-state index contributed by atoms with van der Waals surface area (Å²) in [6, 6.07) is 0.132. The normalized spacial score (nSPS) is 11.3. The van der Waals surface area contributed by atoms with Crippen LogP contribution in [0.25, 0.3) is 0 Å². The van der Waals surface area contributed by atoms with Crippen LogP contribution in [0.5, 0.6) is 0 Å². The fraction of sp³-hybridized carbons (Fsp3) is 0.692. The number of nitrogens with zero attached hydrogens (tertiary/aromatic N) is 3. The summed E-state index contributed by atoms with van der Waals surface area (Å²) in [4.78, 5) is 18.3. The Morgan fingerprint density at radius 2 is 2.06 bits per heavy atom. The second-order valence-corrected chi connectivity index (χ2v) is 5.11. The first-order valence-corrected chi connectivity index (χ1v) is 6.40. The van der Waals surface area contributed by atoms with Crippen LogP contribution in [-0.2, 0) is 6.54 Å². The highest BCUT2D eigenvalue weighted by molar-refractivity contribution is 5.36. The number of anilines is 1. The van der Waals surface area contributed by atoms with Crippen LogP contribution in [0.3, 0.4) is 0 Å². The summed E-state index contributed by atoms with van der Waals surface area (Å²) < 4.78 is 1.68. The summed E-state index contributed by atoms with van der Waals surface area (Å²) in [5, 5.41) is 9.07. The molecular formula is C13H23N3O2. The molecule has 0 fully saturated rings. The van der Waals surface area contributed by atoms with Crippen molar-refractivity contribution in [3.63, 3.8) is 0 Å². The largest absolute Gasteiger partial charge is 0.395 e. The van der Waals surface area contributed by atoms with Gasteiger partial charge in [-0.2, -0.15) is 0 Å². The number of hydrogen-bond donors (Lipinski definition) is 1. The van der Waals surface area contributed by atoms with Gasteiger partial charge in [0.05, 0.1) is 6.61 Å². The maximum atomic E-state index is 12.3. The summed E-state index contributed by atoms with van der Waals surface area (Å²) in [5.41, 5.74) is -0.0895. The lowest BCUT2D eigenvalue weighted by Crippen LogP contribution is -2.40. The molecule has 0 aromatic carbocycles. The average molecular weight is 253 g/mol. The summed E-state index contributed by atoms with van der Waals surface area (Å²) >= 11 is 0. The van der Waals surface area contributed by atoms with Gasteiger partial charge in [-0.1, -0.05) is 13.8 Å². The van der Waals surface area contributed by atoms with Gasteiger partial charge >= 0.3 is 0 Å². The Balaban J connectivity index is 3.11. The Bertz CT molecular complexity index is 426. The second kappa shape index (κ2) is 6.54. The van der Waals surface area contributed by atoms with E-state index in [4.69, 9.17) is 5.11 Å². The van der Waals surface area contributed by atoms with Gasteiger partial charge in [0.2, 0.25) is 0 Å². The van der Waals surface area contributed by atoms with Crippen molar-refractivity contribution in [2.24, 2.45) is 5.92 Å². The molecule has 0 unspecified atom stereocenters. The number of rotatable bonds is 6. The molecule has 0 aliphatic carbocycles. The summed E-state index contributed by atoms with van der Waals surface area (Å²) in [7, 11) is 0. The SMILES string of the molecule is CC(C)Cn1ccnc(N(CCO)C(C)C)c1=O. The third kappa shape index (κ3) is 3.57. The van der Waals surface area contributed by atoms with E-state index in [0.717, 1.165) is 0 Å². The van der Waals surface area contributed by atoms with Gasteiger partial charge in [-0.3, -0.25) is 4.79 Å². The van der Waals surface area contributed by atoms with E-state index in [-0.39, 0.29) is 18.2 Å². The molecule has 1 aromatic heterocycles. The first-order valence-electron chi connectivity index (χ1n) is 6.40. The minimum absolute atomic E-state index is 0.0123. The topological polar surface area (TPSA) is 58.4 Å². The van der Waals surface area contributed by atoms with Gasteiger partial charge in [0, 0.05) is 31.5 Å². The van der Waals surface area contributed by atoms with Crippen molar-refractivity contribution in [1.29, 1.82) is 0 Å². The van der Waals surface area contributed by atoms with Crippen LogP contribution in [0.4, 0.5) is 5.82 Å². The van der Waals surface area contributed by atoms with Crippen LogP contribution in [0.2, 0.25) is 0 Å². The zero-order valence-corrected chi connectivity index (χ0v) is 11.6. The standard InChI is InChI=1S/C13H23N3O2/c1-10(2)9-15-6-5-14-12(13(15)18)16(7-8-17)11(3)4/h5-6,10-11,17H,7-9H2,1-4H3. The number of aromatic nitrogens is 2. The van der Waals surface area contributed by atoms with E-state index in [1.165, 1.54) is 0 Å². The fourth-order valence-electron chi connectivity index (χ4n) is 1.89. The van der Waals surface area contributed by atoms with E-state index in [2.05, 4.69) is 18.8 Å². The molecule has 0 atom stereocenters. The van der Waals surface area contributed by atoms with E-state index < -0.39 is 0 Å². The number of aliphatic hydroxyl groups excluding tert-OH is 1. The van der Waals surface area contributed by atoms with Crippen LogP contribution in [0.15, 0.2) is 17.2 Å². The molecule has 5 heteroatoms. The minimum Gasteiger partial charge on any atom is -0.395 e. The van der Waals surface area contributed by atoms with Gasteiger partial charge in [-0.25, -0.2) is 4.98 Å². The first-order chi connectivity index (χ1) is 8.47. The Hall–Kier alpha value is -1.36. The van der Waals surface area contributed by atoms with Crippen molar-refractivity contribution < 1.29 is 5.11 Å². The van der Waals surface area contributed by atoms with Crippen LogP contribution in [0, 0.1) is 5.92 Å². The highest BCUT2D eigenvalue weighted by Gasteiger charge is 2.16. The van der Waals surface area contributed by atoms with Crippen molar-refractivity contribution in [2.75, 3.05) is 18.1 Å². The van der Waals surface area contributed by atoms with Crippen LogP contribution in [-0.4, -0.2) is 33.9 Å². The molecule has 0 amide bonds. The molecule has 18 heavy (non-hydrogen) atoms. The van der Waals surface area contributed by atoms with Crippen molar-refractivity contribution in [1.82, 2.24) is 9.55 Å². The summed E-state index contributed by atoms with van der Waals surface area (Å²) in [6.07, 6.45) is 3.36. The third-order valence-corrected chi connectivity index (χ3v) is 2.69. The van der Waals surface area contributed by atoms with Gasteiger partial charge in [0.15, 0.2) is 5.82 Å². The molecule has 0 spiro atoms. The Labute approximate surface area is 108 Å². The third-order valence-electron chi connectivity index (χ3n) is 2.69. The Morgan fingerprint density at radius 3 is 2.56 bits per heavy atom. The quantitative estimate of drug-likeness (QED) is 0.825. The van der Waals surface area contributed by atoms with Gasteiger partial charge in [0.25, 0.3) is 5.56 Å². The molecule has 102 valence electrons. The average Bonchev–Trinajstić information content (AvgIpc) is 2.28. The molecule has 0 aliphatic rings. The number of hydrogen-bond acceptors (Lipinski definition) is 4. The zero-order valence-electron chi connectivity index (χ0n) is 11.6. The second-order valence-electron chi connectivity index (χ2n) is 5.11. The lowest BCUT2D eigenvalue weighted by atomic mass is 10.2. The molecule has 5 nitrogen and oxygen atoms in total. The Morgan fingerprint density at radius 1 is 1.39 bits per heavy atom. The van der Waals surface area contributed by atoms with Gasteiger partial charge in [-0.15, -0.1) is 0 Å². The predicted molar refractivity (Wildman–Crippen MR) is 72.9 cm³/mol. The molecule has 0 saturated carbocycles. The highest BCUT2D eigenvalue weighted by atomic mass is 16.3. The molecule has 0 saturated heterocycles. The summed E-state index contributed by atoms with van der Waals surface area (Å²) in [5.74, 6) is 0.825. The van der Waals surface area contributed by atoms with E-state index in [0.29, 0.717) is 24.8 Å². The van der Waals surface area contributed by atoms with Crippen molar-refractivity contribution in [3.05, 3.63) is 22.7 Å². The zero-order chi connectivity index (χ0) is 13.7. The van der Waals surface area contributed by atoms with E-state index in [1.54, 1.807) is 17.0 Å². The highest BCUT2D eigenvalue weighted by Crippen LogP contribution is 2.08. The molecule has 0 bridgehead atoms. The maximum absolute atomic E-state index is 12.3. The van der Waals surface area contributed by atoms with E-state index in [9.17, 15) is 4.79 Å². The minimum atomic E-state index is -0.0895. The molecule has 1 heterocycles. The molecular weight excluding hydrogens is 230 g/mol. The molecule has 0 aliphatic heterocycles. The van der Waals surface area contributed by atoms with E-state index >= 15 is 0 Å². The molecule has 1 rings (SSSR count). The lowest BCUT2D eigenvalue weighted by Gasteiger charge is -2.26. The molecule has 1 N–H and O–H groups in total. The number of aliphatic hydroxyl groups is 1. The Kier molecular flexibility index (Phi) is 5.34. The van der Waals surface area contributed by atoms with E-state index in [1.807, 2.05) is 18.7 Å². The van der Waals surface area contributed by atoms with Crippen LogP contribution >= 0.6 is 0 Å². The fourth-order valence-corrected chi connectivity index (χ4v) is 1.89. The van der Waals surface area contributed by atoms with Crippen LogP contribution < -0.4 is 10.5 Å². The monoisotopic (exact) mass is 253 g/mol. The first kappa shape index (κ1) is 14.7. The van der Waals surface area contributed by atoms with Gasteiger partial charge in [0.1, 0.15) is 0 Å². The molecule has 1 aromatic rings. The van der Waals surface area contributed by atoms with Crippen molar-refractivity contribution in [3.8, 4) is 0 Å². The lowest BCUT2D eigenvalue weighted by molar-refractivity contribution is 0.298. The van der Waals surface area contributed by atoms with Crippen molar-refractivity contribution in [2.45, 2.75) is 40.3 Å². The predicted octanol–water partition coefficient (Wildman–Crippen LogP) is 1.11. The molecule has 0 radical (unpaired) electrons. The van der Waals surface area contributed by atoms with Gasteiger partial charge < -0.3 is 14.6 Å². The maximum Gasteiger partial charge on any atom is 0.293 e. The van der Waals surface area contributed by atoms with Gasteiger partial charge in [-0.05, 0) is 19.8 Å². The smallest absolute Gasteiger partial charge is 0.293 e. The summed E-state index contributed by atoms with van der Waals surface area (Å²) in [6.45, 7) is 9.22. The van der Waals surface area contributed by atoms with Crippen molar-refractivity contribution >= 4 is 5.82 Å².